The quantitative estimate of drug-likeness (QED) is 0.905. The number of hydrogen-bond acceptors (Lipinski definition) is 4. The fraction of sp³-hybridized carbons (Fsp3) is 0.154. The standard InChI is InChI=1S/C13H14FN3O/c1-17(10-5-3-4-9(14)8-10)12-7-6-11(15)13(16-12)18-2/h3-8H,15H2,1-2H3. The number of ether oxygens (including phenoxy) is 1. The Morgan fingerprint density at radius 3 is 2.72 bits per heavy atom. The van der Waals surface area contributed by atoms with Gasteiger partial charge in [0, 0.05) is 12.7 Å². The molecule has 0 aliphatic carbocycles. The normalized spacial score (nSPS) is 10.2. The van der Waals surface area contributed by atoms with Crippen LogP contribution in [0.1, 0.15) is 0 Å². The van der Waals surface area contributed by atoms with E-state index in [-0.39, 0.29) is 5.82 Å². The van der Waals surface area contributed by atoms with E-state index in [9.17, 15) is 4.39 Å². The van der Waals surface area contributed by atoms with Crippen molar-refractivity contribution in [3.63, 3.8) is 0 Å². The Labute approximate surface area is 105 Å². The number of nitrogens with zero attached hydrogens (tertiary/aromatic N) is 2. The topological polar surface area (TPSA) is 51.4 Å². The number of hydrogen-bond donors (Lipinski definition) is 1. The van der Waals surface area contributed by atoms with Crippen LogP contribution in [0.25, 0.3) is 0 Å². The summed E-state index contributed by atoms with van der Waals surface area (Å²) < 4.78 is 18.2. The van der Waals surface area contributed by atoms with Gasteiger partial charge >= 0.3 is 0 Å². The Hall–Kier alpha value is -2.30. The van der Waals surface area contributed by atoms with Gasteiger partial charge < -0.3 is 15.4 Å². The molecule has 0 spiro atoms. The van der Waals surface area contributed by atoms with E-state index in [1.807, 2.05) is 0 Å². The molecule has 2 N–H and O–H groups in total. The Kier molecular flexibility index (Phi) is 3.32. The molecule has 2 aromatic rings. The molecule has 0 saturated heterocycles. The first-order valence-corrected chi connectivity index (χ1v) is 5.41. The van der Waals surface area contributed by atoms with Gasteiger partial charge in [0.05, 0.1) is 12.8 Å². The molecule has 1 aromatic carbocycles. The van der Waals surface area contributed by atoms with E-state index < -0.39 is 0 Å². The Bertz CT molecular complexity index is 560. The minimum absolute atomic E-state index is 0.290. The van der Waals surface area contributed by atoms with E-state index in [4.69, 9.17) is 10.5 Å². The molecule has 0 aliphatic rings. The number of nitrogen functional groups attached to an aromatic ring is 1. The predicted molar refractivity (Wildman–Crippen MR) is 69.7 cm³/mol. The maximum Gasteiger partial charge on any atom is 0.238 e. The molecule has 0 radical (unpaired) electrons. The molecule has 1 aromatic heterocycles. The van der Waals surface area contributed by atoms with Crippen molar-refractivity contribution in [3.05, 3.63) is 42.2 Å². The number of pyridine rings is 1. The molecule has 18 heavy (non-hydrogen) atoms. The maximum absolute atomic E-state index is 13.2. The van der Waals surface area contributed by atoms with Gasteiger partial charge in [0.2, 0.25) is 5.88 Å². The molecule has 5 heteroatoms. The lowest BCUT2D eigenvalue weighted by Gasteiger charge is -2.19. The highest BCUT2D eigenvalue weighted by Gasteiger charge is 2.09. The number of nitrogens with two attached hydrogens (primary N) is 1. The van der Waals surface area contributed by atoms with Crippen LogP contribution < -0.4 is 15.4 Å². The van der Waals surface area contributed by atoms with Crippen molar-refractivity contribution in [2.24, 2.45) is 0 Å². The van der Waals surface area contributed by atoms with Crippen molar-refractivity contribution in [2.75, 3.05) is 24.8 Å². The summed E-state index contributed by atoms with van der Waals surface area (Å²) in [5.74, 6) is 0.698. The van der Waals surface area contributed by atoms with E-state index in [0.717, 1.165) is 0 Å². The van der Waals surface area contributed by atoms with Gasteiger partial charge in [-0.1, -0.05) is 6.07 Å². The molecule has 0 aliphatic heterocycles. The monoisotopic (exact) mass is 247 g/mol. The fourth-order valence-corrected chi connectivity index (χ4v) is 1.61. The molecule has 0 fully saturated rings. The second-order valence-corrected chi connectivity index (χ2v) is 3.81. The summed E-state index contributed by atoms with van der Waals surface area (Å²) in [4.78, 5) is 6.01. The highest BCUT2D eigenvalue weighted by atomic mass is 19.1. The molecule has 1 heterocycles. The summed E-state index contributed by atoms with van der Waals surface area (Å²) in [5, 5.41) is 0. The van der Waals surface area contributed by atoms with Gasteiger partial charge in [0.1, 0.15) is 11.6 Å². The number of rotatable bonds is 3. The summed E-state index contributed by atoms with van der Waals surface area (Å²) in [6, 6.07) is 9.74. The van der Waals surface area contributed by atoms with Crippen LogP contribution in [0.15, 0.2) is 36.4 Å². The Morgan fingerprint density at radius 1 is 1.28 bits per heavy atom. The molecule has 0 unspecified atom stereocenters. The largest absolute Gasteiger partial charge is 0.479 e. The van der Waals surface area contributed by atoms with Crippen LogP contribution in [0.5, 0.6) is 5.88 Å². The molecule has 0 atom stereocenters. The van der Waals surface area contributed by atoms with Gasteiger partial charge in [-0.25, -0.2) is 4.39 Å². The van der Waals surface area contributed by atoms with Crippen molar-refractivity contribution < 1.29 is 9.13 Å². The van der Waals surface area contributed by atoms with Crippen LogP contribution in [0, 0.1) is 5.82 Å². The molecule has 4 nitrogen and oxygen atoms in total. The van der Waals surface area contributed by atoms with Crippen molar-refractivity contribution in [1.82, 2.24) is 4.98 Å². The van der Waals surface area contributed by atoms with E-state index in [1.165, 1.54) is 19.2 Å². The molecule has 0 amide bonds. The van der Waals surface area contributed by atoms with Gasteiger partial charge in [-0.3, -0.25) is 0 Å². The molecular weight excluding hydrogens is 233 g/mol. The first-order chi connectivity index (χ1) is 8.61. The maximum atomic E-state index is 13.2. The molecule has 0 saturated carbocycles. The summed E-state index contributed by atoms with van der Waals surface area (Å²) in [6.45, 7) is 0. The highest BCUT2D eigenvalue weighted by Crippen LogP contribution is 2.27. The van der Waals surface area contributed by atoms with Gasteiger partial charge in [-0.15, -0.1) is 0 Å². The van der Waals surface area contributed by atoms with E-state index >= 15 is 0 Å². The van der Waals surface area contributed by atoms with Gasteiger partial charge in [-0.2, -0.15) is 4.98 Å². The van der Waals surface area contributed by atoms with Crippen LogP contribution in [0.2, 0.25) is 0 Å². The van der Waals surface area contributed by atoms with Crippen LogP contribution in [-0.4, -0.2) is 19.1 Å². The second-order valence-electron chi connectivity index (χ2n) is 3.81. The number of methoxy groups -OCH3 is 1. The van der Waals surface area contributed by atoms with Crippen molar-refractivity contribution >= 4 is 17.2 Å². The zero-order valence-electron chi connectivity index (χ0n) is 10.2. The van der Waals surface area contributed by atoms with Crippen molar-refractivity contribution in [2.45, 2.75) is 0 Å². The average Bonchev–Trinajstić information content (AvgIpc) is 2.38. The molecule has 2 rings (SSSR count). The van der Waals surface area contributed by atoms with Gasteiger partial charge in [-0.05, 0) is 30.3 Å². The zero-order valence-corrected chi connectivity index (χ0v) is 10.2. The van der Waals surface area contributed by atoms with E-state index in [1.54, 1.807) is 36.2 Å². The molecular formula is C13H14FN3O. The third-order valence-corrected chi connectivity index (χ3v) is 2.61. The second kappa shape index (κ2) is 4.91. The van der Waals surface area contributed by atoms with Crippen LogP contribution >= 0.6 is 0 Å². The van der Waals surface area contributed by atoms with Gasteiger partial charge in [0.15, 0.2) is 0 Å². The zero-order chi connectivity index (χ0) is 13.1. The summed E-state index contributed by atoms with van der Waals surface area (Å²) in [5.41, 5.74) is 6.87. The lowest BCUT2D eigenvalue weighted by molar-refractivity contribution is 0.400. The minimum Gasteiger partial charge on any atom is -0.479 e. The molecule has 94 valence electrons. The molecule has 0 bridgehead atoms. The average molecular weight is 247 g/mol. The first-order valence-electron chi connectivity index (χ1n) is 5.41. The number of anilines is 3. The predicted octanol–water partition coefficient (Wildman–Crippen LogP) is 2.58. The first kappa shape index (κ1) is 12.2. The van der Waals surface area contributed by atoms with Crippen molar-refractivity contribution in [3.8, 4) is 5.88 Å². The van der Waals surface area contributed by atoms with Crippen LogP contribution in [-0.2, 0) is 0 Å². The lowest BCUT2D eigenvalue weighted by atomic mass is 10.3. The lowest BCUT2D eigenvalue weighted by Crippen LogP contribution is -2.12. The number of benzene rings is 1. The Morgan fingerprint density at radius 2 is 2.06 bits per heavy atom. The highest BCUT2D eigenvalue weighted by molar-refractivity contribution is 5.62. The third kappa shape index (κ3) is 2.34. The summed E-state index contributed by atoms with van der Waals surface area (Å²) in [7, 11) is 3.30. The van der Waals surface area contributed by atoms with E-state index in [0.29, 0.717) is 23.1 Å². The summed E-state index contributed by atoms with van der Waals surface area (Å²) in [6.07, 6.45) is 0. The third-order valence-electron chi connectivity index (χ3n) is 2.61. The summed E-state index contributed by atoms with van der Waals surface area (Å²) >= 11 is 0. The number of aromatic nitrogens is 1. The SMILES string of the molecule is COc1nc(N(C)c2cccc(F)c2)ccc1N. The fourth-order valence-electron chi connectivity index (χ4n) is 1.61. The smallest absolute Gasteiger partial charge is 0.238 e. The van der Waals surface area contributed by atoms with Crippen LogP contribution in [0.4, 0.5) is 21.6 Å². The minimum atomic E-state index is -0.290. The van der Waals surface area contributed by atoms with Crippen molar-refractivity contribution in [1.29, 1.82) is 0 Å². The Balaban J connectivity index is 2.36. The van der Waals surface area contributed by atoms with E-state index in [2.05, 4.69) is 4.98 Å². The number of halogens is 1. The van der Waals surface area contributed by atoms with Gasteiger partial charge in [0.25, 0.3) is 0 Å². The van der Waals surface area contributed by atoms with Crippen LogP contribution in [0.3, 0.4) is 0 Å².